The molecule has 1 aliphatic carbocycles. The van der Waals surface area contributed by atoms with Crippen LogP contribution in [0, 0.1) is 18.7 Å². The van der Waals surface area contributed by atoms with Gasteiger partial charge in [0.25, 0.3) is 12.0 Å². The number of carbonyl (C=O) groups is 1. The van der Waals surface area contributed by atoms with Gasteiger partial charge in [-0.1, -0.05) is 18.2 Å². The smallest absolute Gasteiger partial charge is 0.277 e. The Kier molecular flexibility index (Phi) is 6.38. The van der Waals surface area contributed by atoms with Gasteiger partial charge in [0.2, 0.25) is 5.91 Å². The van der Waals surface area contributed by atoms with E-state index in [1.165, 1.54) is 22.9 Å². The fourth-order valence-corrected chi connectivity index (χ4v) is 4.43. The number of aromatic nitrogens is 3. The molecule has 2 fully saturated rings. The molecule has 0 radical (unpaired) electrons. The summed E-state index contributed by atoms with van der Waals surface area (Å²) in [5.74, 6) is -1.45. The van der Waals surface area contributed by atoms with Crippen molar-refractivity contribution in [3.8, 4) is 0 Å². The number of aryl methyl sites for hydroxylation is 1. The third-order valence-electron chi connectivity index (χ3n) is 6.94. The van der Waals surface area contributed by atoms with Crippen LogP contribution < -0.4 is 16.2 Å². The van der Waals surface area contributed by atoms with Crippen LogP contribution in [0.3, 0.4) is 0 Å². The number of carbonyl (C=O) groups excluding carboxylic acids is 1. The number of hydrogen-bond acceptors (Lipinski definition) is 6. The maximum Gasteiger partial charge on any atom is 0.277 e. The Morgan fingerprint density at radius 3 is 2.54 bits per heavy atom. The molecule has 5 rings (SSSR count). The number of halogens is 4. The van der Waals surface area contributed by atoms with E-state index in [2.05, 4.69) is 20.6 Å². The van der Waals surface area contributed by atoms with E-state index in [1.807, 2.05) is 0 Å². The van der Waals surface area contributed by atoms with Crippen LogP contribution in [0.25, 0.3) is 10.9 Å². The first-order valence-corrected chi connectivity index (χ1v) is 11.9. The average molecular weight is 519 g/mol. The van der Waals surface area contributed by atoms with Crippen molar-refractivity contribution in [2.24, 2.45) is 5.92 Å². The van der Waals surface area contributed by atoms with Gasteiger partial charge in [-0.05, 0) is 26.7 Å². The van der Waals surface area contributed by atoms with Crippen LogP contribution in [-0.2, 0) is 15.1 Å². The van der Waals surface area contributed by atoms with E-state index in [1.54, 1.807) is 13.8 Å². The molecular weight excluding hydrogens is 494 g/mol. The molecule has 3 aromatic rings. The summed E-state index contributed by atoms with van der Waals surface area (Å²) in [5, 5.41) is 5.98. The molecular formula is C25H25F4N5O3. The highest BCUT2D eigenvalue weighted by Gasteiger charge is 2.46. The van der Waals surface area contributed by atoms with Crippen LogP contribution in [0.2, 0.25) is 0 Å². The summed E-state index contributed by atoms with van der Waals surface area (Å²) in [6.07, 6.45) is -0.661. The lowest BCUT2D eigenvalue weighted by atomic mass is 10.0. The van der Waals surface area contributed by atoms with Gasteiger partial charge in [0.15, 0.2) is 0 Å². The highest BCUT2D eigenvalue weighted by molar-refractivity contribution is 6.03. The molecule has 0 unspecified atom stereocenters. The van der Waals surface area contributed by atoms with E-state index in [9.17, 15) is 27.2 Å². The Morgan fingerprint density at radius 2 is 1.95 bits per heavy atom. The summed E-state index contributed by atoms with van der Waals surface area (Å²) in [5.41, 5.74) is -2.32. The Hall–Kier alpha value is -3.54. The van der Waals surface area contributed by atoms with Crippen molar-refractivity contribution in [3.05, 3.63) is 57.5 Å². The molecule has 196 valence electrons. The van der Waals surface area contributed by atoms with Gasteiger partial charge in [-0.2, -0.15) is 0 Å². The molecule has 2 N–H and O–H groups in total. The summed E-state index contributed by atoms with van der Waals surface area (Å²) >= 11 is 0. The topological polar surface area (TPSA) is 98.1 Å². The van der Waals surface area contributed by atoms with Crippen molar-refractivity contribution < 1.29 is 27.1 Å². The summed E-state index contributed by atoms with van der Waals surface area (Å²) in [6.45, 7) is 2.83. The first kappa shape index (κ1) is 25.1. The molecule has 12 heteroatoms. The molecule has 8 nitrogen and oxygen atoms in total. The number of hydrogen-bond donors (Lipinski definition) is 2. The lowest BCUT2D eigenvalue weighted by molar-refractivity contribution is -0.133. The predicted octanol–water partition coefficient (Wildman–Crippen LogP) is 4.39. The minimum Gasteiger partial charge on any atom is -0.380 e. The average Bonchev–Trinajstić information content (AvgIpc) is 3.60. The third-order valence-corrected chi connectivity index (χ3v) is 6.94. The van der Waals surface area contributed by atoms with Crippen LogP contribution in [0.15, 0.2) is 29.2 Å². The Bertz CT molecular complexity index is 1440. The van der Waals surface area contributed by atoms with Gasteiger partial charge < -0.3 is 19.9 Å². The van der Waals surface area contributed by atoms with Crippen molar-refractivity contribution in [2.75, 3.05) is 30.5 Å². The standard InChI is InChI=1S/C25H25F4N5O3/c1-12(15-4-3-5-16(18(15)27)21(28)29)30-22-17-8-34(25(11-26)6-7-25)24(36)20(19(17)31-13(2)32-22)33-23(35)14-9-37-10-14/h3-5,8,12,14,21H,6-7,9-11H2,1-2H3,(H,33,35)(H,30,31,32)/t12-/m1/s1. The van der Waals surface area contributed by atoms with Crippen LogP contribution in [0.4, 0.5) is 29.1 Å². The first-order chi connectivity index (χ1) is 17.6. The van der Waals surface area contributed by atoms with Gasteiger partial charge in [0.05, 0.1) is 41.7 Å². The van der Waals surface area contributed by atoms with Gasteiger partial charge in [-0.25, -0.2) is 27.5 Å². The Labute approximate surface area is 209 Å². The number of nitrogens with one attached hydrogen (secondary N) is 2. The van der Waals surface area contributed by atoms with Crippen LogP contribution >= 0.6 is 0 Å². The van der Waals surface area contributed by atoms with Crippen LogP contribution in [-0.4, -0.2) is 40.3 Å². The van der Waals surface area contributed by atoms with E-state index in [0.717, 1.165) is 6.07 Å². The molecule has 2 aliphatic rings. The number of alkyl halides is 3. The summed E-state index contributed by atoms with van der Waals surface area (Å²) in [4.78, 5) is 35.0. The minimum absolute atomic E-state index is 0.00327. The highest BCUT2D eigenvalue weighted by Crippen LogP contribution is 2.44. The minimum atomic E-state index is -2.98. The van der Waals surface area contributed by atoms with Gasteiger partial charge >= 0.3 is 0 Å². The lowest BCUT2D eigenvalue weighted by Crippen LogP contribution is -2.41. The Morgan fingerprint density at radius 1 is 1.24 bits per heavy atom. The second-order valence-electron chi connectivity index (χ2n) is 9.56. The number of rotatable bonds is 8. The Balaban J connectivity index is 1.63. The van der Waals surface area contributed by atoms with E-state index in [4.69, 9.17) is 4.74 Å². The number of nitrogens with zero attached hydrogens (tertiary/aromatic N) is 3. The lowest BCUT2D eigenvalue weighted by Gasteiger charge is -2.26. The van der Waals surface area contributed by atoms with Gasteiger partial charge in [-0.15, -0.1) is 0 Å². The van der Waals surface area contributed by atoms with Crippen molar-refractivity contribution in [1.82, 2.24) is 14.5 Å². The van der Waals surface area contributed by atoms with Crippen molar-refractivity contribution in [2.45, 2.75) is 44.7 Å². The number of anilines is 2. The molecule has 0 spiro atoms. The SMILES string of the molecule is Cc1nc(N[C@H](C)c2cccc(C(F)F)c2F)c2cn(C3(CF)CC3)c(=O)c(NC(=O)C3COC3)c2n1. The fraction of sp³-hybridized carbons (Fsp3) is 0.440. The van der Waals surface area contributed by atoms with E-state index in [0.29, 0.717) is 18.2 Å². The molecule has 2 aromatic heterocycles. The number of benzene rings is 1. The van der Waals surface area contributed by atoms with Gasteiger partial charge in [0, 0.05) is 11.8 Å². The van der Waals surface area contributed by atoms with Crippen LogP contribution in [0.1, 0.15) is 49.2 Å². The largest absolute Gasteiger partial charge is 0.380 e. The van der Waals surface area contributed by atoms with E-state index < -0.39 is 53.4 Å². The summed E-state index contributed by atoms with van der Waals surface area (Å²) < 4.78 is 61.6. The van der Waals surface area contributed by atoms with Crippen molar-refractivity contribution in [1.29, 1.82) is 0 Å². The molecule has 1 aliphatic heterocycles. The summed E-state index contributed by atoms with van der Waals surface area (Å²) in [6, 6.07) is 2.94. The highest BCUT2D eigenvalue weighted by atomic mass is 19.3. The van der Waals surface area contributed by atoms with Crippen molar-refractivity contribution in [3.63, 3.8) is 0 Å². The maximum absolute atomic E-state index is 14.8. The van der Waals surface area contributed by atoms with E-state index >= 15 is 0 Å². The molecule has 3 heterocycles. The molecule has 0 bridgehead atoms. The van der Waals surface area contributed by atoms with Crippen molar-refractivity contribution >= 4 is 28.3 Å². The number of pyridine rings is 1. The van der Waals surface area contributed by atoms with Gasteiger partial charge in [0.1, 0.15) is 35.3 Å². The van der Waals surface area contributed by atoms with E-state index in [-0.39, 0.29) is 41.6 Å². The second kappa shape index (κ2) is 9.40. The molecule has 1 saturated carbocycles. The molecule has 1 aromatic carbocycles. The fourth-order valence-electron chi connectivity index (χ4n) is 4.43. The third kappa shape index (κ3) is 4.43. The molecule has 1 saturated heterocycles. The zero-order valence-corrected chi connectivity index (χ0v) is 20.2. The maximum atomic E-state index is 14.8. The molecule has 37 heavy (non-hydrogen) atoms. The number of ether oxygens (including phenoxy) is 1. The second-order valence-corrected chi connectivity index (χ2v) is 9.56. The first-order valence-electron chi connectivity index (χ1n) is 11.9. The summed E-state index contributed by atoms with van der Waals surface area (Å²) in [7, 11) is 0. The zero-order chi connectivity index (χ0) is 26.5. The molecule has 1 atom stereocenters. The monoisotopic (exact) mass is 519 g/mol. The number of fused-ring (bicyclic) bond motifs is 1. The zero-order valence-electron chi connectivity index (χ0n) is 20.2. The normalized spacial score (nSPS) is 17.5. The van der Waals surface area contributed by atoms with Crippen LogP contribution in [0.5, 0.6) is 0 Å². The predicted molar refractivity (Wildman–Crippen MR) is 128 cm³/mol. The quantitative estimate of drug-likeness (QED) is 0.429. The van der Waals surface area contributed by atoms with Gasteiger partial charge in [-0.3, -0.25) is 9.59 Å². The number of amides is 1. The molecule has 1 amide bonds.